The summed E-state index contributed by atoms with van der Waals surface area (Å²) in [5, 5.41) is 3.23. The number of benzene rings is 1. The largest absolute Gasteiger partial charge is 0.378 e. The lowest BCUT2D eigenvalue weighted by atomic mass is 10.1. The highest BCUT2D eigenvalue weighted by atomic mass is 16.5. The van der Waals surface area contributed by atoms with Crippen molar-refractivity contribution in [1.82, 2.24) is 5.32 Å². The maximum absolute atomic E-state index is 5.39. The van der Waals surface area contributed by atoms with E-state index in [2.05, 4.69) is 35.3 Å². The SMILES string of the molecule is CC.CC.CNCc1cc(C)ccc1N1CCOCC1. The monoisotopic (exact) mass is 280 g/mol. The second kappa shape index (κ2) is 11.7. The summed E-state index contributed by atoms with van der Waals surface area (Å²) in [7, 11) is 1.99. The molecule has 0 aliphatic carbocycles. The Labute approximate surface area is 125 Å². The second-order valence-corrected chi connectivity index (χ2v) is 4.26. The Bertz CT molecular complexity index is 347. The van der Waals surface area contributed by atoms with Gasteiger partial charge in [-0.2, -0.15) is 0 Å². The molecular weight excluding hydrogens is 248 g/mol. The zero-order chi connectivity index (χ0) is 15.4. The summed E-state index contributed by atoms with van der Waals surface area (Å²) in [6.45, 7) is 14.7. The maximum atomic E-state index is 5.39. The minimum absolute atomic E-state index is 0.840. The molecule has 0 bridgehead atoms. The van der Waals surface area contributed by atoms with E-state index in [1.165, 1.54) is 16.8 Å². The molecule has 0 radical (unpaired) electrons. The van der Waals surface area contributed by atoms with Crippen LogP contribution >= 0.6 is 0 Å². The molecule has 1 aliphatic rings. The summed E-state index contributed by atoms with van der Waals surface area (Å²) in [6, 6.07) is 6.68. The van der Waals surface area contributed by atoms with E-state index in [0.717, 1.165) is 32.8 Å². The molecule has 1 N–H and O–H groups in total. The predicted octanol–water partition coefficient (Wildman–Crippen LogP) is 3.60. The van der Waals surface area contributed by atoms with E-state index in [4.69, 9.17) is 4.74 Å². The molecule has 0 aromatic heterocycles. The van der Waals surface area contributed by atoms with Crippen molar-refractivity contribution in [3.8, 4) is 0 Å². The first-order valence-corrected chi connectivity index (χ1v) is 7.88. The number of nitrogens with zero attached hydrogens (tertiary/aromatic N) is 1. The van der Waals surface area contributed by atoms with Gasteiger partial charge in [0.05, 0.1) is 13.2 Å². The molecule has 3 nitrogen and oxygen atoms in total. The van der Waals surface area contributed by atoms with Gasteiger partial charge in [-0.1, -0.05) is 45.4 Å². The average molecular weight is 280 g/mol. The van der Waals surface area contributed by atoms with Crippen LogP contribution in [0.25, 0.3) is 0 Å². The quantitative estimate of drug-likeness (QED) is 0.915. The Kier molecular flexibility index (Phi) is 11.1. The van der Waals surface area contributed by atoms with Crippen molar-refractivity contribution in [2.45, 2.75) is 41.2 Å². The number of hydrogen-bond acceptors (Lipinski definition) is 3. The first-order valence-electron chi connectivity index (χ1n) is 7.88. The summed E-state index contributed by atoms with van der Waals surface area (Å²) in [4.78, 5) is 2.41. The third-order valence-electron chi connectivity index (χ3n) is 2.95. The van der Waals surface area contributed by atoms with Gasteiger partial charge in [-0.25, -0.2) is 0 Å². The molecular formula is C17H32N2O. The number of ether oxygens (including phenoxy) is 1. The third kappa shape index (κ3) is 5.93. The number of rotatable bonds is 3. The fourth-order valence-corrected chi connectivity index (χ4v) is 2.16. The van der Waals surface area contributed by atoms with Gasteiger partial charge in [0.1, 0.15) is 0 Å². The molecule has 0 atom stereocenters. The van der Waals surface area contributed by atoms with Crippen LogP contribution in [0.1, 0.15) is 38.8 Å². The van der Waals surface area contributed by atoms with Gasteiger partial charge < -0.3 is 15.0 Å². The highest BCUT2D eigenvalue weighted by Crippen LogP contribution is 2.22. The number of anilines is 1. The Balaban J connectivity index is 0.000000829. The van der Waals surface area contributed by atoms with E-state index < -0.39 is 0 Å². The van der Waals surface area contributed by atoms with Crippen LogP contribution in [-0.2, 0) is 11.3 Å². The standard InChI is InChI=1S/C13H20N2O.2C2H6/c1-11-3-4-13(12(9-11)10-14-2)15-5-7-16-8-6-15;2*1-2/h3-4,9,14H,5-8,10H2,1-2H3;2*1-2H3. The van der Waals surface area contributed by atoms with Gasteiger partial charge in [-0.05, 0) is 25.6 Å². The Hall–Kier alpha value is -1.06. The summed E-state index contributed by atoms with van der Waals surface area (Å²) >= 11 is 0. The average Bonchev–Trinajstić information content (AvgIpc) is 2.53. The summed E-state index contributed by atoms with van der Waals surface area (Å²) in [5.41, 5.74) is 4.05. The van der Waals surface area contributed by atoms with Crippen LogP contribution < -0.4 is 10.2 Å². The molecule has 1 aliphatic heterocycles. The van der Waals surface area contributed by atoms with Crippen LogP contribution in [0.2, 0.25) is 0 Å². The van der Waals surface area contributed by atoms with Gasteiger partial charge in [-0.3, -0.25) is 0 Å². The highest BCUT2D eigenvalue weighted by Gasteiger charge is 2.14. The van der Waals surface area contributed by atoms with Crippen LogP contribution in [0.5, 0.6) is 0 Å². The first-order chi connectivity index (χ1) is 9.81. The molecule has 0 amide bonds. The zero-order valence-electron chi connectivity index (χ0n) is 14.1. The third-order valence-corrected chi connectivity index (χ3v) is 2.95. The molecule has 1 saturated heterocycles. The molecule has 1 aromatic carbocycles. The molecule has 3 heteroatoms. The van der Waals surface area contributed by atoms with Gasteiger partial charge in [0.25, 0.3) is 0 Å². The maximum Gasteiger partial charge on any atom is 0.0642 e. The lowest BCUT2D eigenvalue weighted by Gasteiger charge is -2.30. The number of aryl methyl sites for hydroxylation is 1. The van der Waals surface area contributed by atoms with E-state index in [9.17, 15) is 0 Å². The van der Waals surface area contributed by atoms with Gasteiger partial charge in [0.2, 0.25) is 0 Å². The van der Waals surface area contributed by atoms with Gasteiger partial charge in [0.15, 0.2) is 0 Å². The van der Waals surface area contributed by atoms with Crippen molar-refractivity contribution in [1.29, 1.82) is 0 Å². The fourth-order valence-electron chi connectivity index (χ4n) is 2.16. The lowest BCUT2D eigenvalue weighted by Crippen LogP contribution is -2.37. The lowest BCUT2D eigenvalue weighted by molar-refractivity contribution is 0.122. The van der Waals surface area contributed by atoms with Crippen LogP contribution in [0.15, 0.2) is 18.2 Å². The van der Waals surface area contributed by atoms with Crippen molar-refractivity contribution in [2.24, 2.45) is 0 Å². The van der Waals surface area contributed by atoms with Crippen LogP contribution in [-0.4, -0.2) is 33.4 Å². The predicted molar refractivity (Wildman–Crippen MR) is 89.7 cm³/mol. The van der Waals surface area contributed by atoms with Crippen LogP contribution in [0.4, 0.5) is 5.69 Å². The smallest absolute Gasteiger partial charge is 0.0642 e. The van der Waals surface area contributed by atoms with Crippen LogP contribution in [0.3, 0.4) is 0 Å². The number of hydrogen-bond donors (Lipinski definition) is 1. The second-order valence-electron chi connectivity index (χ2n) is 4.26. The molecule has 20 heavy (non-hydrogen) atoms. The van der Waals surface area contributed by atoms with Crippen molar-refractivity contribution >= 4 is 5.69 Å². The summed E-state index contributed by atoms with van der Waals surface area (Å²) < 4.78 is 5.39. The summed E-state index contributed by atoms with van der Waals surface area (Å²) in [5.74, 6) is 0. The van der Waals surface area contributed by atoms with Crippen molar-refractivity contribution in [2.75, 3.05) is 38.3 Å². The van der Waals surface area contributed by atoms with E-state index in [1.807, 2.05) is 34.7 Å². The molecule has 116 valence electrons. The molecule has 0 unspecified atom stereocenters. The molecule has 0 saturated carbocycles. The normalized spacial score (nSPS) is 13.8. The first kappa shape index (κ1) is 18.9. The molecule has 1 aromatic rings. The van der Waals surface area contributed by atoms with Crippen molar-refractivity contribution in [3.05, 3.63) is 29.3 Å². The minimum atomic E-state index is 0.840. The van der Waals surface area contributed by atoms with Gasteiger partial charge in [0, 0.05) is 25.3 Å². The molecule has 2 rings (SSSR count). The van der Waals surface area contributed by atoms with E-state index >= 15 is 0 Å². The fraction of sp³-hybridized carbons (Fsp3) is 0.647. The Morgan fingerprint density at radius 2 is 1.70 bits per heavy atom. The number of nitrogens with one attached hydrogen (secondary N) is 1. The van der Waals surface area contributed by atoms with Crippen molar-refractivity contribution < 1.29 is 4.74 Å². The van der Waals surface area contributed by atoms with E-state index in [-0.39, 0.29) is 0 Å². The highest BCUT2D eigenvalue weighted by molar-refractivity contribution is 5.55. The van der Waals surface area contributed by atoms with Crippen molar-refractivity contribution in [3.63, 3.8) is 0 Å². The molecule has 1 fully saturated rings. The minimum Gasteiger partial charge on any atom is -0.378 e. The zero-order valence-corrected chi connectivity index (χ0v) is 14.1. The molecule has 1 heterocycles. The topological polar surface area (TPSA) is 24.5 Å². The van der Waals surface area contributed by atoms with E-state index in [0.29, 0.717) is 0 Å². The number of morpholine rings is 1. The van der Waals surface area contributed by atoms with E-state index in [1.54, 1.807) is 0 Å². The summed E-state index contributed by atoms with van der Waals surface area (Å²) in [6.07, 6.45) is 0. The Morgan fingerprint density at radius 1 is 1.10 bits per heavy atom. The van der Waals surface area contributed by atoms with Crippen LogP contribution in [0, 0.1) is 6.92 Å². The Morgan fingerprint density at radius 3 is 2.25 bits per heavy atom. The molecule has 0 spiro atoms. The van der Waals surface area contributed by atoms with Gasteiger partial charge >= 0.3 is 0 Å². The van der Waals surface area contributed by atoms with Gasteiger partial charge in [-0.15, -0.1) is 0 Å².